The third-order valence-electron chi connectivity index (χ3n) is 1.55. The Morgan fingerprint density at radius 2 is 2.38 bits per heavy atom. The molecule has 3 nitrogen and oxygen atoms in total. The lowest BCUT2D eigenvalue weighted by molar-refractivity contribution is -0.115. The van der Waals surface area contributed by atoms with Gasteiger partial charge in [0.05, 0.1) is 4.91 Å². The molecule has 1 fully saturated rings. The van der Waals surface area contributed by atoms with Crippen molar-refractivity contribution in [3.63, 3.8) is 0 Å². The van der Waals surface area contributed by atoms with Gasteiger partial charge in [-0.1, -0.05) is 24.0 Å². The van der Waals surface area contributed by atoms with Gasteiger partial charge in [-0.25, -0.2) is 0 Å². The van der Waals surface area contributed by atoms with Crippen LogP contribution in [-0.4, -0.2) is 15.2 Å². The van der Waals surface area contributed by atoms with Crippen LogP contribution in [0.25, 0.3) is 6.08 Å². The largest absolute Gasteiger partial charge is 0.362 e. The van der Waals surface area contributed by atoms with Crippen LogP contribution in [0.5, 0.6) is 0 Å². The normalized spacial score (nSPS) is 19.5. The molecule has 1 aliphatic rings. The number of thiocarbonyl (C=S) groups is 1. The van der Waals surface area contributed by atoms with Crippen molar-refractivity contribution >= 4 is 40.3 Å². The lowest BCUT2D eigenvalue weighted by Gasteiger charge is -1.88. The average molecular weight is 210 g/mol. The van der Waals surface area contributed by atoms with E-state index >= 15 is 0 Å². The van der Waals surface area contributed by atoms with E-state index in [1.54, 1.807) is 6.08 Å². The highest BCUT2D eigenvalue weighted by Crippen LogP contribution is 2.25. The SMILES string of the molecule is O=C1NC(=S)S/C1=C\c1ccc[nH]1. The molecule has 1 aromatic heterocycles. The molecule has 1 saturated heterocycles. The molecule has 1 aromatic rings. The Balaban J connectivity index is 2.27. The maximum absolute atomic E-state index is 11.2. The number of carbonyl (C=O) groups excluding carboxylic acids is 1. The van der Waals surface area contributed by atoms with E-state index in [4.69, 9.17) is 12.2 Å². The highest BCUT2D eigenvalue weighted by Gasteiger charge is 2.21. The van der Waals surface area contributed by atoms with Crippen molar-refractivity contribution in [2.75, 3.05) is 0 Å². The molecule has 2 heterocycles. The second-order valence-corrected chi connectivity index (χ2v) is 4.20. The van der Waals surface area contributed by atoms with E-state index in [0.29, 0.717) is 9.23 Å². The molecule has 0 spiro atoms. The van der Waals surface area contributed by atoms with Crippen LogP contribution in [0.15, 0.2) is 23.2 Å². The molecule has 1 amide bonds. The minimum absolute atomic E-state index is 0.121. The van der Waals surface area contributed by atoms with E-state index in [-0.39, 0.29) is 5.91 Å². The summed E-state index contributed by atoms with van der Waals surface area (Å²) in [6, 6.07) is 3.77. The van der Waals surface area contributed by atoms with Crippen LogP contribution in [-0.2, 0) is 4.79 Å². The zero-order chi connectivity index (χ0) is 9.26. The molecule has 0 atom stereocenters. The van der Waals surface area contributed by atoms with Gasteiger partial charge in [-0.15, -0.1) is 0 Å². The first-order valence-electron chi connectivity index (χ1n) is 3.64. The number of aromatic nitrogens is 1. The number of rotatable bonds is 1. The Morgan fingerprint density at radius 3 is 2.92 bits per heavy atom. The summed E-state index contributed by atoms with van der Waals surface area (Å²) in [6.07, 6.45) is 3.58. The van der Waals surface area contributed by atoms with Crippen LogP contribution in [0.3, 0.4) is 0 Å². The second-order valence-electron chi connectivity index (χ2n) is 2.48. The molecule has 13 heavy (non-hydrogen) atoms. The van der Waals surface area contributed by atoms with Gasteiger partial charge in [0.2, 0.25) is 0 Å². The van der Waals surface area contributed by atoms with Crippen LogP contribution in [0, 0.1) is 0 Å². The van der Waals surface area contributed by atoms with Crippen molar-refractivity contribution in [3.05, 3.63) is 28.9 Å². The van der Waals surface area contributed by atoms with E-state index in [1.807, 2.05) is 18.3 Å². The van der Waals surface area contributed by atoms with Crippen LogP contribution in [0.2, 0.25) is 0 Å². The number of H-pyrrole nitrogens is 1. The Hall–Kier alpha value is -1.07. The lowest BCUT2D eigenvalue weighted by atomic mass is 10.3. The van der Waals surface area contributed by atoms with Crippen molar-refractivity contribution < 1.29 is 4.79 Å². The fraction of sp³-hybridized carbons (Fsp3) is 0. The van der Waals surface area contributed by atoms with Crippen LogP contribution in [0.4, 0.5) is 0 Å². The Kier molecular flexibility index (Phi) is 2.20. The van der Waals surface area contributed by atoms with E-state index in [1.165, 1.54) is 11.8 Å². The van der Waals surface area contributed by atoms with Gasteiger partial charge in [0.15, 0.2) is 0 Å². The maximum Gasteiger partial charge on any atom is 0.263 e. The fourth-order valence-corrected chi connectivity index (χ4v) is 2.03. The van der Waals surface area contributed by atoms with Crippen LogP contribution in [0.1, 0.15) is 5.69 Å². The first-order chi connectivity index (χ1) is 6.25. The maximum atomic E-state index is 11.2. The van der Waals surface area contributed by atoms with Crippen molar-refractivity contribution in [2.45, 2.75) is 0 Å². The van der Waals surface area contributed by atoms with Gasteiger partial charge >= 0.3 is 0 Å². The molecule has 5 heteroatoms. The minimum Gasteiger partial charge on any atom is -0.362 e. The van der Waals surface area contributed by atoms with E-state index in [0.717, 1.165) is 5.69 Å². The van der Waals surface area contributed by atoms with Crippen molar-refractivity contribution in [1.29, 1.82) is 0 Å². The number of carbonyl (C=O) groups is 1. The molecular weight excluding hydrogens is 204 g/mol. The summed E-state index contributed by atoms with van der Waals surface area (Å²) in [4.78, 5) is 14.8. The molecular formula is C8H6N2OS2. The molecule has 2 rings (SSSR count). The third-order valence-corrected chi connectivity index (χ3v) is 2.71. The number of aromatic amines is 1. The average Bonchev–Trinajstić information content (AvgIpc) is 2.63. The highest BCUT2D eigenvalue weighted by molar-refractivity contribution is 8.26. The van der Waals surface area contributed by atoms with Gasteiger partial charge in [0, 0.05) is 11.9 Å². The van der Waals surface area contributed by atoms with Gasteiger partial charge in [-0.2, -0.15) is 0 Å². The molecule has 0 unspecified atom stereocenters. The number of thioether (sulfide) groups is 1. The van der Waals surface area contributed by atoms with Crippen molar-refractivity contribution in [2.24, 2.45) is 0 Å². The zero-order valence-electron chi connectivity index (χ0n) is 6.53. The third kappa shape index (κ3) is 1.81. The molecule has 0 aliphatic carbocycles. The summed E-state index contributed by atoms with van der Waals surface area (Å²) in [5.41, 5.74) is 0.905. The summed E-state index contributed by atoms with van der Waals surface area (Å²) in [5, 5.41) is 2.55. The van der Waals surface area contributed by atoms with E-state index in [2.05, 4.69) is 10.3 Å². The smallest absolute Gasteiger partial charge is 0.263 e. The number of hydrogen-bond acceptors (Lipinski definition) is 3. The molecule has 66 valence electrons. The summed E-state index contributed by atoms with van der Waals surface area (Å²) in [6.45, 7) is 0. The summed E-state index contributed by atoms with van der Waals surface area (Å²) < 4.78 is 0.516. The molecule has 0 aromatic carbocycles. The predicted octanol–water partition coefficient (Wildman–Crippen LogP) is 1.50. The fourth-order valence-electron chi connectivity index (χ4n) is 0.996. The highest BCUT2D eigenvalue weighted by atomic mass is 32.2. The number of amides is 1. The van der Waals surface area contributed by atoms with E-state index in [9.17, 15) is 4.79 Å². The van der Waals surface area contributed by atoms with Gasteiger partial charge in [0.25, 0.3) is 5.91 Å². The van der Waals surface area contributed by atoms with E-state index < -0.39 is 0 Å². The summed E-state index contributed by atoms with van der Waals surface area (Å²) in [7, 11) is 0. The Labute approximate surface area is 84.6 Å². The monoisotopic (exact) mass is 210 g/mol. The Morgan fingerprint density at radius 1 is 1.54 bits per heavy atom. The first-order valence-corrected chi connectivity index (χ1v) is 4.86. The van der Waals surface area contributed by atoms with Crippen molar-refractivity contribution in [1.82, 2.24) is 10.3 Å². The molecule has 1 aliphatic heterocycles. The number of nitrogens with one attached hydrogen (secondary N) is 2. The molecule has 0 saturated carbocycles. The lowest BCUT2D eigenvalue weighted by Crippen LogP contribution is -2.17. The predicted molar refractivity (Wildman–Crippen MR) is 57.1 cm³/mol. The van der Waals surface area contributed by atoms with Crippen LogP contribution >= 0.6 is 24.0 Å². The van der Waals surface area contributed by atoms with Crippen molar-refractivity contribution in [3.8, 4) is 0 Å². The van der Waals surface area contributed by atoms with Crippen LogP contribution < -0.4 is 5.32 Å². The topological polar surface area (TPSA) is 44.9 Å². The summed E-state index contributed by atoms with van der Waals surface area (Å²) >= 11 is 6.13. The quantitative estimate of drug-likeness (QED) is 0.545. The number of hydrogen-bond donors (Lipinski definition) is 2. The van der Waals surface area contributed by atoms with Gasteiger partial charge in [-0.05, 0) is 18.2 Å². The Bertz CT molecular complexity index is 381. The summed E-state index contributed by atoms with van der Waals surface area (Å²) in [5.74, 6) is -0.121. The standard InChI is InChI=1S/C8H6N2OS2/c11-7-6(13-8(12)10-7)4-5-2-1-3-9-5/h1-4,9H,(H,10,11,12)/b6-4-. The van der Waals surface area contributed by atoms with Gasteiger partial charge in [-0.3, -0.25) is 4.79 Å². The first kappa shape index (κ1) is 8.52. The molecule has 0 radical (unpaired) electrons. The van der Waals surface area contributed by atoms with Gasteiger partial charge < -0.3 is 10.3 Å². The molecule has 2 N–H and O–H groups in total. The van der Waals surface area contributed by atoms with Gasteiger partial charge in [0.1, 0.15) is 4.32 Å². The minimum atomic E-state index is -0.121. The second kappa shape index (κ2) is 3.35. The molecule has 0 bridgehead atoms. The zero-order valence-corrected chi connectivity index (χ0v) is 8.17.